The third-order valence-corrected chi connectivity index (χ3v) is 8.76. The summed E-state index contributed by atoms with van der Waals surface area (Å²) in [4.78, 5) is 57.3. The maximum Gasteiger partial charge on any atom is 0.335 e. The SMILES string of the molecule is C#CCCN(CCCN1C(=O)C2(CC(=C)C(=O)O2)c2ccccc21)CCCN1C(=O)C2(CC(=C)C(=O)O2)c2ccccc21. The predicted molar refractivity (Wildman–Crippen MR) is 160 cm³/mol. The molecule has 0 aromatic heterocycles. The van der Waals surface area contributed by atoms with Crippen LogP contribution in [0.15, 0.2) is 72.8 Å². The number of hydrogen-bond donors (Lipinski definition) is 0. The number of rotatable bonds is 10. The summed E-state index contributed by atoms with van der Waals surface area (Å²) in [5, 5.41) is 0. The Bertz CT molecular complexity index is 1460. The van der Waals surface area contributed by atoms with Crippen LogP contribution in [0.2, 0.25) is 0 Å². The van der Waals surface area contributed by atoms with Crippen molar-refractivity contribution in [1.82, 2.24) is 4.90 Å². The first kappa shape index (κ1) is 28.4. The average molecular weight is 580 g/mol. The van der Waals surface area contributed by atoms with E-state index < -0.39 is 23.1 Å². The molecule has 0 aliphatic carbocycles. The number of carbonyl (C=O) groups excluding carboxylic acids is 4. The van der Waals surface area contributed by atoms with Crippen LogP contribution >= 0.6 is 0 Å². The quantitative estimate of drug-likeness (QED) is 0.241. The first-order valence-corrected chi connectivity index (χ1v) is 14.5. The minimum Gasteiger partial charge on any atom is -0.440 e. The van der Waals surface area contributed by atoms with E-state index in [1.165, 1.54) is 0 Å². The molecular weight excluding hydrogens is 546 g/mol. The zero-order valence-electron chi connectivity index (χ0n) is 24.0. The summed E-state index contributed by atoms with van der Waals surface area (Å²) in [6.07, 6.45) is 7.79. The molecule has 2 fully saturated rings. The second kappa shape index (κ2) is 10.9. The fourth-order valence-corrected chi connectivity index (χ4v) is 6.71. The van der Waals surface area contributed by atoms with Gasteiger partial charge in [-0.2, -0.15) is 0 Å². The van der Waals surface area contributed by atoms with Crippen molar-refractivity contribution in [1.29, 1.82) is 0 Å². The van der Waals surface area contributed by atoms with Gasteiger partial charge in [-0.05, 0) is 38.1 Å². The number of fused-ring (bicyclic) bond motifs is 4. The molecule has 6 rings (SSSR count). The monoisotopic (exact) mass is 579 g/mol. The number of amides is 2. The molecule has 4 aliphatic heterocycles. The molecule has 43 heavy (non-hydrogen) atoms. The van der Waals surface area contributed by atoms with Gasteiger partial charge in [0.05, 0.1) is 11.4 Å². The fraction of sp³-hybridized carbons (Fsp3) is 0.353. The molecule has 220 valence electrons. The van der Waals surface area contributed by atoms with Gasteiger partial charge in [0, 0.05) is 61.2 Å². The predicted octanol–water partition coefficient (Wildman–Crippen LogP) is 3.58. The van der Waals surface area contributed by atoms with Gasteiger partial charge in [-0.3, -0.25) is 9.59 Å². The number of nitrogens with zero attached hydrogens (tertiary/aromatic N) is 3. The highest BCUT2D eigenvalue weighted by Crippen LogP contribution is 2.51. The van der Waals surface area contributed by atoms with Crippen LogP contribution in [0.5, 0.6) is 0 Å². The Morgan fingerprint density at radius 2 is 1.19 bits per heavy atom. The number of carbonyl (C=O) groups is 4. The average Bonchev–Trinajstić information content (AvgIpc) is 3.63. The minimum absolute atomic E-state index is 0.152. The third kappa shape index (κ3) is 4.54. The lowest BCUT2D eigenvalue weighted by molar-refractivity contribution is -0.156. The standard InChI is InChI=1S/C34H33N3O6/c1-4-5-16-35(17-10-19-36-27-14-8-6-12-25(27)33(31(36)40)21-23(2)29(38)42-33)18-11-20-37-28-15-9-7-13-26(28)34(32(37)41)22-24(3)30(39)43-34/h1,6-9,12-15H,2-3,5,10-11,16-22H2. The van der Waals surface area contributed by atoms with Crippen molar-refractivity contribution in [3.8, 4) is 12.3 Å². The van der Waals surface area contributed by atoms with Crippen LogP contribution in [-0.4, -0.2) is 61.4 Å². The number of hydrogen-bond acceptors (Lipinski definition) is 7. The van der Waals surface area contributed by atoms with Gasteiger partial charge in [0.1, 0.15) is 0 Å². The fourth-order valence-electron chi connectivity index (χ4n) is 6.71. The summed E-state index contributed by atoms with van der Waals surface area (Å²) in [5.74, 6) is 1.14. The highest BCUT2D eigenvalue weighted by atomic mass is 16.6. The lowest BCUT2D eigenvalue weighted by Gasteiger charge is -2.26. The number of ether oxygens (including phenoxy) is 2. The zero-order chi connectivity index (χ0) is 30.4. The van der Waals surface area contributed by atoms with Crippen LogP contribution in [0.25, 0.3) is 0 Å². The van der Waals surface area contributed by atoms with Crippen molar-refractivity contribution >= 4 is 35.1 Å². The van der Waals surface area contributed by atoms with Crippen LogP contribution in [0.1, 0.15) is 43.2 Å². The van der Waals surface area contributed by atoms with Crippen LogP contribution in [-0.2, 0) is 39.9 Å². The van der Waals surface area contributed by atoms with Gasteiger partial charge >= 0.3 is 11.9 Å². The second-order valence-electron chi connectivity index (χ2n) is 11.4. The topological polar surface area (TPSA) is 96.5 Å². The van der Waals surface area contributed by atoms with Crippen molar-refractivity contribution < 1.29 is 28.7 Å². The Morgan fingerprint density at radius 1 is 0.744 bits per heavy atom. The first-order valence-electron chi connectivity index (χ1n) is 14.5. The maximum absolute atomic E-state index is 13.6. The molecule has 0 bridgehead atoms. The number of benzene rings is 2. The Morgan fingerprint density at radius 3 is 1.58 bits per heavy atom. The molecule has 2 spiro atoms. The molecular formula is C34H33N3O6. The van der Waals surface area contributed by atoms with Crippen LogP contribution in [0, 0.1) is 12.3 Å². The van der Waals surface area contributed by atoms with Gasteiger partial charge in [-0.25, -0.2) is 9.59 Å². The largest absolute Gasteiger partial charge is 0.440 e. The maximum atomic E-state index is 13.6. The summed E-state index contributed by atoms with van der Waals surface area (Å²) in [7, 11) is 0. The molecule has 4 heterocycles. The Balaban J connectivity index is 1.10. The van der Waals surface area contributed by atoms with E-state index in [0.29, 0.717) is 74.3 Å². The normalized spacial score (nSPS) is 23.9. The molecule has 9 heteroatoms. The summed E-state index contributed by atoms with van der Waals surface area (Å²) in [6, 6.07) is 14.8. The van der Waals surface area contributed by atoms with Gasteiger partial charge < -0.3 is 24.2 Å². The molecule has 2 aromatic rings. The number of esters is 2. The van der Waals surface area contributed by atoms with Crippen molar-refractivity contribution in [2.24, 2.45) is 0 Å². The van der Waals surface area contributed by atoms with Gasteiger partial charge in [0.2, 0.25) is 11.2 Å². The lowest BCUT2D eigenvalue weighted by atomic mass is 9.91. The van der Waals surface area contributed by atoms with E-state index in [9.17, 15) is 19.2 Å². The molecule has 0 saturated carbocycles. The molecule has 4 aliphatic rings. The van der Waals surface area contributed by atoms with Gasteiger partial charge in [0.15, 0.2) is 0 Å². The molecule has 2 unspecified atom stereocenters. The Kier molecular flexibility index (Phi) is 7.18. The van der Waals surface area contributed by atoms with Gasteiger partial charge in [0.25, 0.3) is 11.8 Å². The van der Waals surface area contributed by atoms with E-state index in [4.69, 9.17) is 15.9 Å². The van der Waals surface area contributed by atoms with E-state index >= 15 is 0 Å². The molecule has 2 atom stereocenters. The molecule has 2 saturated heterocycles. The Labute approximate surface area is 250 Å². The van der Waals surface area contributed by atoms with Crippen LogP contribution < -0.4 is 9.80 Å². The smallest absolute Gasteiger partial charge is 0.335 e. The lowest BCUT2D eigenvalue weighted by Crippen LogP contribution is -2.42. The molecule has 2 aromatic carbocycles. The summed E-state index contributed by atoms with van der Waals surface area (Å²) >= 11 is 0. The second-order valence-corrected chi connectivity index (χ2v) is 11.4. The summed E-state index contributed by atoms with van der Waals surface area (Å²) in [5.41, 5.74) is 0.828. The van der Waals surface area contributed by atoms with E-state index in [0.717, 1.165) is 11.4 Å². The van der Waals surface area contributed by atoms with E-state index in [1.54, 1.807) is 9.80 Å². The highest BCUT2D eigenvalue weighted by molar-refractivity contribution is 6.12. The summed E-state index contributed by atoms with van der Waals surface area (Å²) in [6.45, 7) is 10.5. The van der Waals surface area contributed by atoms with Crippen molar-refractivity contribution in [3.05, 3.63) is 84.0 Å². The van der Waals surface area contributed by atoms with Gasteiger partial charge in [-0.15, -0.1) is 12.3 Å². The van der Waals surface area contributed by atoms with Gasteiger partial charge in [-0.1, -0.05) is 49.6 Å². The van der Waals surface area contributed by atoms with E-state index in [2.05, 4.69) is 24.0 Å². The number of para-hydroxylation sites is 2. The van der Waals surface area contributed by atoms with Crippen molar-refractivity contribution in [2.45, 2.75) is 43.3 Å². The molecule has 0 radical (unpaired) electrons. The molecule has 9 nitrogen and oxygen atoms in total. The van der Waals surface area contributed by atoms with E-state index in [1.807, 2.05) is 48.5 Å². The zero-order valence-corrected chi connectivity index (χ0v) is 24.0. The third-order valence-electron chi connectivity index (χ3n) is 8.76. The first-order chi connectivity index (χ1) is 20.7. The summed E-state index contributed by atoms with van der Waals surface area (Å²) < 4.78 is 11.3. The molecule has 2 amide bonds. The minimum atomic E-state index is -1.33. The Hall–Kier alpha value is -4.68. The van der Waals surface area contributed by atoms with Crippen molar-refractivity contribution in [3.63, 3.8) is 0 Å². The molecule has 0 N–H and O–H groups in total. The van der Waals surface area contributed by atoms with Crippen LogP contribution in [0.4, 0.5) is 11.4 Å². The highest BCUT2D eigenvalue weighted by Gasteiger charge is 2.59. The van der Waals surface area contributed by atoms with Crippen molar-refractivity contribution in [2.75, 3.05) is 42.5 Å². The number of terminal acetylenes is 1. The van der Waals surface area contributed by atoms with E-state index in [-0.39, 0.29) is 24.7 Å². The van der Waals surface area contributed by atoms with Crippen LogP contribution in [0.3, 0.4) is 0 Å². The number of anilines is 2.